The first-order valence-corrected chi connectivity index (χ1v) is 8.14. The van der Waals surface area contributed by atoms with E-state index in [0.29, 0.717) is 10.1 Å². The summed E-state index contributed by atoms with van der Waals surface area (Å²) >= 11 is 1.30. The van der Waals surface area contributed by atoms with Gasteiger partial charge in [-0.25, -0.2) is 4.99 Å². The number of benzene rings is 2. The zero-order valence-corrected chi connectivity index (χ0v) is 13.4. The lowest BCUT2D eigenvalue weighted by Gasteiger charge is -2.02. The van der Waals surface area contributed by atoms with Crippen molar-refractivity contribution >= 4 is 34.6 Å². The third kappa shape index (κ3) is 3.63. The molecular weight excluding hydrogens is 308 g/mol. The summed E-state index contributed by atoms with van der Waals surface area (Å²) in [5.74, 6) is -0.000378. The number of para-hydroxylation sites is 1. The Bertz CT molecular complexity index is 812. The molecule has 1 saturated heterocycles. The quantitative estimate of drug-likeness (QED) is 0.843. The van der Waals surface area contributed by atoms with Crippen LogP contribution in [0.5, 0.6) is 5.75 Å². The fraction of sp³-hybridized carbons (Fsp3) is 0.111. The number of aromatic hydroxyl groups is 1. The van der Waals surface area contributed by atoms with Crippen LogP contribution in [-0.4, -0.2) is 16.2 Å². The maximum Gasteiger partial charge on any atom is 0.264 e. The molecule has 0 aliphatic carbocycles. The van der Waals surface area contributed by atoms with Crippen LogP contribution in [0.3, 0.4) is 0 Å². The fourth-order valence-electron chi connectivity index (χ4n) is 2.27. The number of nitrogens with zero attached hydrogens (tertiary/aromatic N) is 1. The van der Waals surface area contributed by atoms with E-state index < -0.39 is 0 Å². The molecule has 2 N–H and O–H groups in total. The number of carbonyl (C=O) groups is 1. The van der Waals surface area contributed by atoms with Gasteiger partial charge < -0.3 is 10.4 Å². The van der Waals surface area contributed by atoms with E-state index in [1.165, 1.54) is 11.8 Å². The highest BCUT2D eigenvalue weighted by Crippen LogP contribution is 2.29. The highest BCUT2D eigenvalue weighted by atomic mass is 32.2. The maximum atomic E-state index is 12.1. The van der Waals surface area contributed by atoms with E-state index >= 15 is 0 Å². The number of nitrogens with one attached hydrogen (secondary N) is 1. The minimum absolute atomic E-state index is 0.175. The molecule has 1 aliphatic heterocycles. The summed E-state index contributed by atoms with van der Waals surface area (Å²) < 4.78 is 0. The van der Waals surface area contributed by atoms with Gasteiger partial charge in [0, 0.05) is 0 Å². The van der Waals surface area contributed by atoms with Gasteiger partial charge in [0.15, 0.2) is 5.17 Å². The van der Waals surface area contributed by atoms with Crippen LogP contribution in [0.25, 0.3) is 6.08 Å². The lowest BCUT2D eigenvalue weighted by atomic mass is 10.1. The van der Waals surface area contributed by atoms with Crippen LogP contribution in [0.2, 0.25) is 0 Å². The van der Waals surface area contributed by atoms with Crippen LogP contribution < -0.4 is 5.32 Å². The zero-order valence-electron chi connectivity index (χ0n) is 12.6. The number of phenolic OH excluding ortho intramolecular Hbond substituents is 1. The number of carbonyl (C=O) groups excluding carboxylic acids is 1. The van der Waals surface area contributed by atoms with Gasteiger partial charge in [-0.2, -0.15) is 0 Å². The molecule has 23 heavy (non-hydrogen) atoms. The van der Waals surface area contributed by atoms with Crippen molar-refractivity contribution < 1.29 is 9.90 Å². The smallest absolute Gasteiger partial charge is 0.264 e. The molecule has 0 radical (unpaired) electrons. The average Bonchev–Trinajstić information content (AvgIpc) is 2.87. The summed E-state index contributed by atoms with van der Waals surface area (Å²) in [7, 11) is 0. The van der Waals surface area contributed by atoms with Gasteiger partial charge in [-0.05, 0) is 53.6 Å². The second-order valence-electron chi connectivity index (χ2n) is 5.06. The topological polar surface area (TPSA) is 61.7 Å². The Hall–Kier alpha value is -2.53. The predicted molar refractivity (Wildman–Crippen MR) is 94.7 cm³/mol. The number of amidine groups is 1. The Labute approximate surface area is 139 Å². The molecule has 0 unspecified atom stereocenters. The van der Waals surface area contributed by atoms with Gasteiger partial charge in [0.2, 0.25) is 0 Å². The van der Waals surface area contributed by atoms with Crippen LogP contribution in [-0.2, 0) is 11.2 Å². The maximum absolute atomic E-state index is 12.1. The van der Waals surface area contributed by atoms with Crippen molar-refractivity contribution in [3.63, 3.8) is 0 Å². The van der Waals surface area contributed by atoms with Crippen molar-refractivity contribution in [3.8, 4) is 5.75 Å². The summed E-state index contributed by atoms with van der Waals surface area (Å²) in [6, 6.07) is 14.7. The van der Waals surface area contributed by atoms with Crippen molar-refractivity contribution in [1.29, 1.82) is 0 Å². The summed E-state index contributed by atoms with van der Waals surface area (Å²) in [5.41, 5.74) is 2.79. The van der Waals surface area contributed by atoms with Crippen LogP contribution in [0.4, 0.5) is 5.69 Å². The van der Waals surface area contributed by atoms with Crippen molar-refractivity contribution in [2.75, 3.05) is 0 Å². The highest BCUT2D eigenvalue weighted by Gasteiger charge is 2.24. The molecular formula is C18H16N2O2S. The number of rotatable bonds is 3. The number of phenols is 1. The van der Waals surface area contributed by atoms with Gasteiger partial charge in [0.1, 0.15) is 5.75 Å². The van der Waals surface area contributed by atoms with Gasteiger partial charge >= 0.3 is 0 Å². The molecule has 5 heteroatoms. The highest BCUT2D eigenvalue weighted by molar-refractivity contribution is 8.18. The van der Waals surface area contributed by atoms with Crippen LogP contribution in [0, 0.1) is 0 Å². The molecule has 0 spiro atoms. The molecule has 2 aromatic carbocycles. The van der Waals surface area contributed by atoms with Crippen molar-refractivity contribution in [2.24, 2.45) is 4.99 Å². The van der Waals surface area contributed by atoms with Crippen LogP contribution in [0.1, 0.15) is 18.1 Å². The molecule has 0 saturated carbocycles. The molecule has 1 aliphatic rings. The second-order valence-corrected chi connectivity index (χ2v) is 6.09. The van der Waals surface area contributed by atoms with Crippen molar-refractivity contribution in [1.82, 2.24) is 5.32 Å². The number of aryl methyl sites for hydroxylation is 1. The Morgan fingerprint density at radius 3 is 2.83 bits per heavy atom. The van der Waals surface area contributed by atoms with E-state index in [4.69, 9.17) is 0 Å². The molecule has 4 nitrogen and oxygen atoms in total. The summed E-state index contributed by atoms with van der Waals surface area (Å²) in [6.07, 6.45) is 2.63. The molecule has 0 atom stereocenters. The Morgan fingerprint density at radius 1 is 1.22 bits per heavy atom. The summed E-state index contributed by atoms with van der Waals surface area (Å²) in [6.45, 7) is 2.08. The van der Waals surface area contributed by atoms with E-state index in [2.05, 4.69) is 17.2 Å². The van der Waals surface area contributed by atoms with Gasteiger partial charge in [0.05, 0.1) is 10.6 Å². The zero-order chi connectivity index (χ0) is 16.2. The number of thioether (sulfide) groups is 1. The molecule has 0 bridgehead atoms. The third-order valence-electron chi connectivity index (χ3n) is 3.41. The van der Waals surface area contributed by atoms with Crippen LogP contribution in [0.15, 0.2) is 58.4 Å². The standard InChI is InChI=1S/C18H16N2O2S/c1-2-13-7-3-4-9-15(13)19-18-20-17(22)16(23-18)11-12-6-5-8-14(21)10-12/h3-11,21H,2H2,1H3,(H,19,20,22)/b16-11-. The monoisotopic (exact) mass is 324 g/mol. The van der Waals surface area contributed by atoms with Gasteiger partial charge in [-0.3, -0.25) is 4.79 Å². The summed E-state index contributed by atoms with van der Waals surface area (Å²) in [4.78, 5) is 17.2. The first-order valence-electron chi connectivity index (χ1n) is 7.32. The van der Waals surface area contributed by atoms with Crippen LogP contribution >= 0.6 is 11.8 Å². The molecule has 0 aromatic heterocycles. The first-order chi connectivity index (χ1) is 11.2. The van der Waals surface area contributed by atoms with E-state index in [9.17, 15) is 9.90 Å². The number of hydrogen-bond donors (Lipinski definition) is 2. The number of hydrogen-bond acceptors (Lipinski definition) is 4. The summed E-state index contributed by atoms with van der Waals surface area (Å²) in [5, 5.41) is 12.9. The predicted octanol–water partition coefficient (Wildman–Crippen LogP) is 3.85. The van der Waals surface area contributed by atoms with E-state index in [0.717, 1.165) is 23.2 Å². The number of aliphatic imine (C=N–C) groups is 1. The molecule has 1 heterocycles. The van der Waals surface area contributed by atoms with Crippen molar-refractivity contribution in [3.05, 3.63) is 64.6 Å². The lowest BCUT2D eigenvalue weighted by molar-refractivity contribution is -0.115. The minimum atomic E-state index is -0.175. The van der Waals surface area contributed by atoms with Gasteiger partial charge in [-0.15, -0.1) is 0 Å². The van der Waals surface area contributed by atoms with Crippen molar-refractivity contribution in [2.45, 2.75) is 13.3 Å². The molecule has 1 amide bonds. The van der Waals surface area contributed by atoms with E-state index in [1.807, 2.05) is 30.3 Å². The minimum Gasteiger partial charge on any atom is -0.508 e. The van der Waals surface area contributed by atoms with E-state index in [-0.39, 0.29) is 11.7 Å². The Balaban J connectivity index is 1.86. The number of amides is 1. The van der Waals surface area contributed by atoms with Gasteiger partial charge in [-0.1, -0.05) is 37.3 Å². The molecule has 3 rings (SSSR count). The lowest BCUT2D eigenvalue weighted by Crippen LogP contribution is -2.19. The van der Waals surface area contributed by atoms with E-state index in [1.54, 1.807) is 24.3 Å². The molecule has 1 fully saturated rings. The first kappa shape index (κ1) is 15.4. The molecule has 2 aromatic rings. The molecule has 116 valence electrons. The average molecular weight is 324 g/mol. The Kier molecular flexibility index (Phi) is 4.48. The normalized spacial score (nSPS) is 17.7. The van der Waals surface area contributed by atoms with Gasteiger partial charge in [0.25, 0.3) is 5.91 Å². The fourth-order valence-corrected chi connectivity index (χ4v) is 3.11. The largest absolute Gasteiger partial charge is 0.508 e. The Morgan fingerprint density at radius 2 is 2.04 bits per heavy atom. The second kappa shape index (κ2) is 6.71. The SMILES string of the molecule is CCc1ccccc1N=C1NC(=O)/C(=C/c2cccc(O)c2)S1. The third-order valence-corrected chi connectivity index (χ3v) is 4.32.